The van der Waals surface area contributed by atoms with Crippen LogP contribution < -0.4 is 0 Å². The Hall–Kier alpha value is -2.35. The highest BCUT2D eigenvalue weighted by atomic mass is 19.2. The third kappa shape index (κ3) is 4.39. The van der Waals surface area contributed by atoms with Crippen molar-refractivity contribution in [2.75, 3.05) is 39.3 Å². The van der Waals surface area contributed by atoms with Gasteiger partial charge < -0.3 is 19.6 Å². The maximum Gasteiger partial charge on any atom is 0.225 e. The lowest BCUT2D eigenvalue weighted by atomic mass is 9.72. The number of fused-ring (bicyclic) bond motifs is 2. The molecule has 1 unspecified atom stereocenters. The second-order valence-electron chi connectivity index (χ2n) is 11.5. The normalized spacial score (nSPS) is 27.8. The van der Waals surface area contributed by atoms with Gasteiger partial charge in [-0.2, -0.15) is 0 Å². The fraction of sp³-hybridized carbons (Fsp3) is 0.567. The number of hydrogen-bond acceptors (Lipinski definition) is 4. The van der Waals surface area contributed by atoms with Crippen molar-refractivity contribution in [3.63, 3.8) is 0 Å². The summed E-state index contributed by atoms with van der Waals surface area (Å²) in [6, 6.07) is 12.4. The van der Waals surface area contributed by atoms with E-state index < -0.39 is 17.2 Å². The van der Waals surface area contributed by atoms with Gasteiger partial charge in [0.1, 0.15) is 5.60 Å². The molecule has 2 aromatic rings. The van der Waals surface area contributed by atoms with Gasteiger partial charge in [-0.3, -0.25) is 4.79 Å². The van der Waals surface area contributed by atoms with E-state index in [1.54, 1.807) is 6.07 Å². The molecule has 198 valence electrons. The zero-order valence-corrected chi connectivity index (χ0v) is 21.3. The molecule has 7 heteroatoms. The van der Waals surface area contributed by atoms with E-state index in [1.807, 2.05) is 11.0 Å². The number of aliphatic hydroxyl groups is 1. The summed E-state index contributed by atoms with van der Waals surface area (Å²) >= 11 is 0. The number of carbonyl (C=O) groups is 1. The number of likely N-dealkylation sites (tertiary alicyclic amines) is 1. The lowest BCUT2D eigenvalue weighted by Crippen LogP contribution is -2.55. The van der Waals surface area contributed by atoms with E-state index in [9.17, 15) is 18.7 Å². The molecule has 0 aromatic heterocycles. The smallest absolute Gasteiger partial charge is 0.225 e. The number of nitrogens with zero attached hydrogens (tertiary/aromatic N) is 2. The summed E-state index contributed by atoms with van der Waals surface area (Å²) in [5.41, 5.74) is 2.08. The van der Waals surface area contributed by atoms with Gasteiger partial charge in [0.25, 0.3) is 0 Å². The first kappa shape index (κ1) is 25.0. The Kier molecular flexibility index (Phi) is 6.58. The maximum atomic E-state index is 14.3. The van der Waals surface area contributed by atoms with E-state index in [2.05, 4.69) is 23.1 Å². The van der Waals surface area contributed by atoms with Crippen LogP contribution in [-0.4, -0.2) is 66.2 Å². The highest BCUT2D eigenvalue weighted by molar-refractivity contribution is 5.79. The van der Waals surface area contributed by atoms with Crippen LogP contribution in [0.4, 0.5) is 8.78 Å². The zero-order chi connectivity index (χ0) is 25.6. The second-order valence-corrected chi connectivity index (χ2v) is 11.5. The van der Waals surface area contributed by atoms with E-state index in [1.165, 1.54) is 17.2 Å². The van der Waals surface area contributed by atoms with Crippen molar-refractivity contribution in [1.29, 1.82) is 0 Å². The highest BCUT2D eigenvalue weighted by Gasteiger charge is 2.48. The van der Waals surface area contributed by atoms with Crippen LogP contribution in [0.3, 0.4) is 0 Å². The van der Waals surface area contributed by atoms with Crippen LogP contribution in [0.2, 0.25) is 0 Å². The molecule has 2 aliphatic heterocycles. The summed E-state index contributed by atoms with van der Waals surface area (Å²) in [5, 5.41) is 11.0. The minimum atomic E-state index is -0.892. The molecule has 2 aliphatic carbocycles. The molecular formula is C30H36F2N2O3. The van der Waals surface area contributed by atoms with Crippen LogP contribution in [-0.2, 0) is 27.0 Å². The van der Waals surface area contributed by atoms with Crippen LogP contribution in [0, 0.1) is 17.6 Å². The molecular weight excluding hydrogens is 474 g/mol. The number of aliphatic hydroxyl groups excluding tert-OH is 1. The highest BCUT2D eigenvalue weighted by Crippen LogP contribution is 2.46. The van der Waals surface area contributed by atoms with Gasteiger partial charge in [0.15, 0.2) is 11.6 Å². The van der Waals surface area contributed by atoms with Gasteiger partial charge in [0.2, 0.25) is 5.91 Å². The van der Waals surface area contributed by atoms with E-state index in [4.69, 9.17) is 4.74 Å². The minimum Gasteiger partial charge on any atom is -0.392 e. The molecule has 0 radical (unpaired) electrons. The molecule has 2 saturated heterocycles. The number of halogens is 2. The summed E-state index contributed by atoms with van der Waals surface area (Å²) in [4.78, 5) is 17.4. The predicted octanol–water partition coefficient (Wildman–Crippen LogP) is 4.16. The Bertz CT molecular complexity index is 1160. The fourth-order valence-electron chi connectivity index (χ4n) is 7.02. The van der Waals surface area contributed by atoms with Crippen molar-refractivity contribution in [1.82, 2.24) is 9.80 Å². The van der Waals surface area contributed by atoms with Gasteiger partial charge in [-0.15, -0.1) is 0 Å². The number of morpholine rings is 1. The SMILES string of the molecule is O=C(C1CCC1)N1CCO[C@](CCN2CCC3(CC2)c2ccccc2CC3O)(c2ccc(F)c(F)c2)C1. The average molecular weight is 511 g/mol. The number of rotatable bonds is 5. The first-order valence-electron chi connectivity index (χ1n) is 13.8. The molecule has 4 aliphatic rings. The van der Waals surface area contributed by atoms with E-state index in [0.29, 0.717) is 38.1 Å². The Labute approximate surface area is 217 Å². The number of amides is 1. The molecule has 1 N–H and O–H groups in total. The third-order valence-electron chi connectivity index (χ3n) is 9.58. The lowest BCUT2D eigenvalue weighted by molar-refractivity contribution is -0.161. The van der Waals surface area contributed by atoms with Crippen molar-refractivity contribution in [3.8, 4) is 0 Å². The Morgan fingerprint density at radius 1 is 1.05 bits per heavy atom. The predicted molar refractivity (Wildman–Crippen MR) is 136 cm³/mol. The Morgan fingerprint density at radius 3 is 2.57 bits per heavy atom. The lowest BCUT2D eigenvalue weighted by Gasteiger charge is -2.47. The van der Waals surface area contributed by atoms with Gasteiger partial charge in [-0.25, -0.2) is 8.78 Å². The van der Waals surface area contributed by atoms with Crippen molar-refractivity contribution in [3.05, 3.63) is 70.8 Å². The average Bonchev–Trinajstić information content (AvgIpc) is 3.15. The van der Waals surface area contributed by atoms with Crippen molar-refractivity contribution in [2.24, 2.45) is 5.92 Å². The van der Waals surface area contributed by atoms with E-state index in [-0.39, 0.29) is 23.3 Å². The summed E-state index contributed by atoms with van der Waals surface area (Å²) in [6.45, 7) is 3.69. The molecule has 0 bridgehead atoms. The van der Waals surface area contributed by atoms with E-state index >= 15 is 0 Å². The summed E-state index contributed by atoms with van der Waals surface area (Å²) < 4.78 is 34.5. The van der Waals surface area contributed by atoms with E-state index in [0.717, 1.165) is 57.8 Å². The zero-order valence-electron chi connectivity index (χ0n) is 21.3. The molecule has 6 rings (SSSR count). The molecule has 1 saturated carbocycles. The van der Waals surface area contributed by atoms with Crippen LogP contribution >= 0.6 is 0 Å². The molecule has 1 spiro atoms. The van der Waals surface area contributed by atoms with Crippen LogP contribution in [0.15, 0.2) is 42.5 Å². The fourth-order valence-corrected chi connectivity index (χ4v) is 7.02. The third-order valence-corrected chi connectivity index (χ3v) is 9.58. The van der Waals surface area contributed by atoms with Gasteiger partial charge in [0, 0.05) is 24.4 Å². The monoisotopic (exact) mass is 510 g/mol. The molecule has 2 heterocycles. The van der Waals surface area contributed by atoms with Crippen molar-refractivity contribution >= 4 is 5.91 Å². The number of carbonyl (C=O) groups excluding carboxylic acids is 1. The number of benzene rings is 2. The summed E-state index contributed by atoms with van der Waals surface area (Å²) in [7, 11) is 0. The van der Waals surface area contributed by atoms with Gasteiger partial charge in [0.05, 0.1) is 19.3 Å². The molecule has 1 amide bonds. The number of ether oxygens (including phenoxy) is 1. The standard InChI is InChI=1S/C30H36F2N2O3/c31-25-9-8-23(19-26(25)32)30(20-34(16-17-37-30)28(36)21-5-3-6-21)12-15-33-13-10-29(11-14-33)24-7-2-1-4-22(24)18-27(29)35/h1-2,4,7-9,19,21,27,35H,3,5-6,10-18,20H2/t27?,30-/m0/s1. The second kappa shape index (κ2) is 9.75. The van der Waals surface area contributed by atoms with Crippen molar-refractivity contribution in [2.45, 2.75) is 62.1 Å². The minimum absolute atomic E-state index is 0.0831. The molecule has 3 fully saturated rings. The quantitative estimate of drug-likeness (QED) is 0.657. The number of piperidine rings is 1. The summed E-state index contributed by atoms with van der Waals surface area (Å²) in [6.07, 6.45) is 5.66. The van der Waals surface area contributed by atoms with Gasteiger partial charge in [-0.1, -0.05) is 36.8 Å². The summed E-state index contributed by atoms with van der Waals surface area (Å²) in [5.74, 6) is -1.53. The molecule has 5 nitrogen and oxygen atoms in total. The Balaban J connectivity index is 1.19. The molecule has 2 atom stereocenters. The Morgan fingerprint density at radius 2 is 1.84 bits per heavy atom. The first-order valence-corrected chi connectivity index (χ1v) is 13.8. The van der Waals surface area contributed by atoms with Gasteiger partial charge in [-0.05, 0) is 80.4 Å². The molecule has 2 aromatic carbocycles. The van der Waals surface area contributed by atoms with Crippen LogP contribution in [0.5, 0.6) is 0 Å². The maximum absolute atomic E-state index is 14.3. The largest absolute Gasteiger partial charge is 0.392 e. The van der Waals surface area contributed by atoms with Crippen LogP contribution in [0.1, 0.15) is 55.2 Å². The number of hydrogen-bond donors (Lipinski definition) is 1. The first-order chi connectivity index (χ1) is 17.9. The topological polar surface area (TPSA) is 53.0 Å². The van der Waals surface area contributed by atoms with Crippen molar-refractivity contribution < 1.29 is 23.4 Å². The molecule has 37 heavy (non-hydrogen) atoms. The van der Waals surface area contributed by atoms with Gasteiger partial charge >= 0.3 is 0 Å². The van der Waals surface area contributed by atoms with Crippen LogP contribution in [0.25, 0.3) is 0 Å².